The third kappa shape index (κ3) is 4.11. The highest BCUT2D eigenvalue weighted by Gasteiger charge is 2.34. The Morgan fingerprint density at radius 3 is 2.18 bits per heavy atom. The minimum atomic E-state index is -0.0698. The summed E-state index contributed by atoms with van der Waals surface area (Å²) < 4.78 is 0. The summed E-state index contributed by atoms with van der Waals surface area (Å²) in [4.78, 5) is 13.1. The average Bonchev–Trinajstić information content (AvgIpc) is 3.15. The predicted molar refractivity (Wildman–Crippen MR) is 113 cm³/mol. The Kier molecular flexibility index (Phi) is 5.47. The lowest BCUT2D eigenvalue weighted by atomic mass is 9.95. The molecule has 4 heteroatoms. The number of hydrogen-bond donors (Lipinski definition) is 1. The third-order valence-electron chi connectivity index (χ3n) is 5.90. The number of urea groups is 1. The van der Waals surface area contributed by atoms with E-state index < -0.39 is 0 Å². The number of rotatable bonds is 3. The number of amides is 2. The molecule has 1 fully saturated rings. The first-order valence-electron chi connectivity index (χ1n) is 10.4. The predicted octanol–water partition coefficient (Wildman–Crippen LogP) is 5.50. The molecule has 146 valence electrons. The summed E-state index contributed by atoms with van der Waals surface area (Å²) in [6, 6.07) is 17.0. The van der Waals surface area contributed by atoms with Gasteiger partial charge in [-0.2, -0.15) is 5.10 Å². The number of hydrazone groups is 1. The minimum absolute atomic E-state index is 0.0551. The fraction of sp³-hybridized carbons (Fsp3) is 0.417. The van der Waals surface area contributed by atoms with Crippen LogP contribution in [0.1, 0.15) is 66.8 Å². The molecule has 4 nitrogen and oxygen atoms in total. The maximum atomic E-state index is 13.1. The lowest BCUT2D eigenvalue weighted by Gasteiger charge is -2.27. The smallest absolute Gasteiger partial charge is 0.334 e. The molecule has 0 spiro atoms. The van der Waals surface area contributed by atoms with Crippen LogP contribution in [0.4, 0.5) is 4.79 Å². The van der Waals surface area contributed by atoms with Crippen molar-refractivity contribution in [2.75, 3.05) is 0 Å². The standard InChI is InChI=1S/C24H29N3O/c1-17-8-12-19(13-9-17)22-16-23(20-14-10-18(2)11-15-20)27(26-22)24(28)25-21-6-4-3-5-7-21/h8-15,21,23H,3-7,16H2,1-2H3,(H,25,28)/t23-/m1/s1. The molecule has 4 rings (SSSR count). The first-order valence-corrected chi connectivity index (χ1v) is 10.4. The zero-order chi connectivity index (χ0) is 19.5. The molecule has 28 heavy (non-hydrogen) atoms. The molecule has 2 aromatic rings. The van der Waals surface area contributed by atoms with Crippen molar-refractivity contribution in [1.29, 1.82) is 0 Å². The van der Waals surface area contributed by atoms with Crippen LogP contribution in [0.3, 0.4) is 0 Å². The maximum absolute atomic E-state index is 13.1. The van der Waals surface area contributed by atoms with Crippen molar-refractivity contribution >= 4 is 11.7 Å². The van der Waals surface area contributed by atoms with Gasteiger partial charge in [0, 0.05) is 12.5 Å². The van der Waals surface area contributed by atoms with Crippen molar-refractivity contribution in [2.24, 2.45) is 5.10 Å². The second-order valence-corrected chi connectivity index (χ2v) is 8.17. The molecule has 2 aromatic carbocycles. The summed E-state index contributed by atoms with van der Waals surface area (Å²) in [6.07, 6.45) is 6.56. The number of aryl methyl sites for hydroxylation is 2. The molecule has 2 amide bonds. The number of nitrogens with zero attached hydrogens (tertiary/aromatic N) is 2. The van der Waals surface area contributed by atoms with Crippen LogP contribution in [0.25, 0.3) is 0 Å². The van der Waals surface area contributed by atoms with Gasteiger partial charge in [0.25, 0.3) is 0 Å². The van der Waals surface area contributed by atoms with Crippen LogP contribution in [0.15, 0.2) is 53.6 Å². The average molecular weight is 376 g/mol. The SMILES string of the molecule is Cc1ccc(C2=NN(C(=O)NC3CCCCC3)[C@@H](c3ccc(C)cc3)C2)cc1. The van der Waals surface area contributed by atoms with Gasteiger partial charge in [0.1, 0.15) is 0 Å². The molecule has 1 atom stereocenters. The maximum Gasteiger partial charge on any atom is 0.338 e. The van der Waals surface area contributed by atoms with Gasteiger partial charge in [0.05, 0.1) is 11.8 Å². The topological polar surface area (TPSA) is 44.7 Å². The Balaban J connectivity index is 1.59. The lowest BCUT2D eigenvalue weighted by molar-refractivity contribution is 0.178. The van der Waals surface area contributed by atoms with E-state index in [-0.39, 0.29) is 18.1 Å². The summed E-state index contributed by atoms with van der Waals surface area (Å²) in [5.74, 6) is 0. The fourth-order valence-electron chi connectivity index (χ4n) is 4.15. The third-order valence-corrected chi connectivity index (χ3v) is 5.90. The minimum Gasteiger partial charge on any atom is -0.334 e. The number of hydrogen-bond acceptors (Lipinski definition) is 2. The van der Waals surface area contributed by atoms with Gasteiger partial charge < -0.3 is 5.32 Å². The Morgan fingerprint density at radius 2 is 1.54 bits per heavy atom. The molecule has 1 aliphatic carbocycles. The second kappa shape index (κ2) is 8.17. The van der Waals surface area contributed by atoms with E-state index in [9.17, 15) is 4.79 Å². The van der Waals surface area contributed by atoms with Crippen LogP contribution in [-0.2, 0) is 0 Å². The molecule has 1 N–H and O–H groups in total. The summed E-state index contributed by atoms with van der Waals surface area (Å²) in [6.45, 7) is 4.17. The molecule has 1 saturated carbocycles. The second-order valence-electron chi connectivity index (χ2n) is 8.17. The van der Waals surface area contributed by atoms with Crippen molar-refractivity contribution in [2.45, 2.75) is 64.5 Å². The van der Waals surface area contributed by atoms with Crippen LogP contribution in [0, 0.1) is 13.8 Å². The van der Waals surface area contributed by atoms with E-state index >= 15 is 0 Å². The van der Waals surface area contributed by atoms with Gasteiger partial charge in [0.15, 0.2) is 0 Å². The molecule has 0 unspecified atom stereocenters. The van der Waals surface area contributed by atoms with Crippen LogP contribution in [0.2, 0.25) is 0 Å². The molecule has 1 aliphatic heterocycles. The van der Waals surface area contributed by atoms with E-state index in [1.165, 1.54) is 30.4 Å². The van der Waals surface area contributed by atoms with Gasteiger partial charge in [-0.1, -0.05) is 78.9 Å². The molecule has 0 aromatic heterocycles. The van der Waals surface area contributed by atoms with Gasteiger partial charge >= 0.3 is 6.03 Å². The van der Waals surface area contributed by atoms with Crippen molar-refractivity contribution in [1.82, 2.24) is 10.3 Å². The highest BCUT2D eigenvalue weighted by molar-refractivity contribution is 6.03. The van der Waals surface area contributed by atoms with E-state index in [0.29, 0.717) is 0 Å². The van der Waals surface area contributed by atoms with Crippen LogP contribution >= 0.6 is 0 Å². The van der Waals surface area contributed by atoms with E-state index in [1.54, 1.807) is 5.01 Å². The van der Waals surface area contributed by atoms with Gasteiger partial charge in [0.2, 0.25) is 0 Å². The zero-order valence-corrected chi connectivity index (χ0v) is 16.8. The largest absolute Gasteiger partial charge is 0.338 e. The van der Waals surface area contributed by atoms with Gasteiger partial charge in [-0.05, 0) is 37.8 Å². The molecule has 2 aliphatic rings. The molecule has 0 radical (unpaired) electrons. The van der Waals surface area contributed by atoms with Crippen LogP contribution < -0.4 is 5.32 Å². The van der Waals surface area contributed by atoms with Gasteiger partial charge in [-0.25, -0.2) is 9.80 Å². The van der Waals surface area contributed by atoms with E-state index in [1.807, 2.05) is 0 Å². The van der Waals surface area contributed by atoms with Gasteiger partial charge in [-0.15, -0.1) is 0 Å². The van der Waals surface area contributed by atoms with Crippen molar-refractivity contribution < 1.29 is 4.79 Å². The van der Waals surface area contributed by atoms with E-state index in [4.69, 9.17) is 5.10 Å². The summed E-state index contributed by atoms with van der Waals surface area (Å²) in [7, 11) is 0. The van der Waals surface area contributed by atoms with Gasteiger partial charge in [-0.3, -0.25) is 0 Å². The van der Waals surface area contributed by atoms with Crippen LogP contribution in [0.5, 0.6) is 0 Å². The molecular weight excluding hydrogens is 346 g/mol. The van der Waals surface area contributed by atoms with Crippen molar-refractivity contribution in [3.05, 3.63) is 70.8 Å². The number of benzene rings is 2. The summed E-state index contributed by atoms with van der Waals surface area (Å²) in [5.41, 5.74) is 5.65. The van der Waals surface area contributed by atoms with Crippen LogP contribution in [-0.4, -0.2) is 22.8 Å². The number of carbonyl (C=O) groups excluding carboxylic acids is 1. The Labute approximate surface area is 167 Å². The molecule has 0 saturated heterocycles. The van der Waals surface area contributed by atoms with Crippen molar-refractivity contribution in [3.63, 3.8) is 0 Å². The van der Waals surface area contributed by atoms with E-state index in [0.717, 1.165) is 36.1 Å². The summed E-state index contributed by atoms with van der Waals surface area (Å²) in [5, 5.41) is 9.68. The summed E-state index contributed by atoms with van der Waals surface area (Å²) >= 11 is 0. The van der Waals surface area contributed by atoms with E-state index in [2.05, 4.69) is 67.7 Å². The molecule has 0 bridgehead atoms. The Bertz CT molecular complexity index is 848. The first-order chi connectivity index (χ1) is 13.6. The highest BCUT2D eigenvalue weighted by Crippen LogP contribution is 2.33. The first kappa shape index (κ1) is 18.7. The molecule has 1 heterocycles. The Hall–Kier alpha value is -2.62. The zero-order valence-electron chi connectivity index (χ0n) is 16.8. The lowest BCUT2D eigenvalue weighted by Crippen LogP contribution is -2.43. The molecular formula is C24H29N3O. The quantitative estimate of drug-likeness (QED) is 0.757. The number of carbonyl (C=O) groups is 1. The monoisotopic (exact) mass is 375 g/mol. The Morgan fingerprint density at radius 1 is 0.929 bits per heavy atom. The number of nitrogens with one attached hydrogen (secondary N) is 1. The van der Waals surface area contributed by atoms with Crippen molar-refractivity contribution in [3.8, 4) is 0 Å². The highest BCUT2D eigenvalue weighted by atomic mass is 16.2. The fourth-order valence-corrected chi connectivity index (χ4v) is 4.15. The normalized spacial score (nSPS) is 20.1.